The van der Waals surface area contributed by atoms with Gasteiger partial charge in [0, 0.05) is 6.54 Å². The van der Waals surface area contributed by atoms with Crippen LogP contribution < -0.4 is 14.4 Å². The van der Waals surface area contributed by atoms with Crippen molar-refractivity contribution in [1.82, 2.24) is 5.32 Å². The molecule has 0 aliphatic rings. The van der Waals surface area contributed by atoms with Crippen LogP contribution in [0.5, 0.6) is 5.75 Å². The van der Waals surface area contributed by atoms with Crippen LogP contribution in [0.2, 0.25) is 0 Å². The molecular formula is C26H30N2O4S. The highest BCUT2D eigenvalue weighted by atomic mass is 32.2. The molecule has 3 aromatic rings. The molecule has 0 atom stereocenters. The van der Waals surface area contributed by atoms with Crippen LogP contribution in [0.3, 0.4) is 0 Å². The molecule has 0 unspecified atom stereocenters. The Bertz CT molecular complexity index is 1160. The Morgan fingerprint density at radius 2 is 1.67 bits per heavy atom. The Kier molecular flexibility index (Phi) is 8.11. The molecule has 3 rings (SSSR count). The van der Waals surface area contributed by atoms with Crippen LogP contribution in [0.4, 0.5) is 5.69 Å². The zero-order valence-electron chi connectivity index (χ0n) is 19.2. The van der Waals surface area contributed by atoms with Crippen LogP contribution in [-0.4, -0.2) is 27.5 Å². The van der Waals surface area contributed by atoms with Crippen LogP contribution in [0.1, 0.15) is 37.8 Å². The van der Waals surface area contributed by atoms with Crippen LogP contribution in [0, 0.1) is 0 Å². The van der Waals surface area contributed by atoms with Crippen molar-refractivity contribution in [3.63, 3.8) is 0 Å². The van der Waals surface area contributed by atoms with E-state index in [0.717, 1.165) is 21.2 Å². The van der Waals surface area contributed by atoms with Gasteiger partial charge in [-0.1, -0.05) is 56.3 Å². The summed E-state index contributed by atoms with van der Waals surface area (Å²) in [7, 11) is -3.93. The Morgan fingerprint density at radius 3 is 2.30 bits per heavy atom. The fourth-order valence-electron chi connectivity index (χ4n) is 3.36. The maximum atomic E-state index is 13.4. The van der Waals surface area contributed by atoms with E-state index in [1.807, 2.05) is 43.3 Å². The molecule has 0 fully saturated rings. The Balaban J connectivity index is 1.82. The molecule has 1 N–H and O–H groups in total. The summed E-state index contributed by atoms with van der Waals surface area (Å²) in [5.74, 6) is 0.640. The minimum absolute atomic E-state index is 0.134. The summed E-state index contributed by atoms with van der Waals surface area (Å²) in [6, 6.07) is 22.9. The molecule has 0 spiro atoms. The Labute approximate surface area is 196 Å². The third-order valence-corrected chi connectivity index (χ3v) is 6.95. The first-order chi connectivity index (χ1) is 15.8. The van der Waals surface area contributed by atoms with Gasteiger partial charge in [0.2, 0.25) is 5.91 Å². The molecule has 0 heterocycles. The third-order valence-electron chi connectivity index (χ3n) is 5.17. The summed E-state index contributed by atoms with van der Waals surface area (Å²) >= 11 is 0. The quantitative estimate of drug-likeness (QED) is 0.469. The van der Waals surface area contributed by atoms with E-state index >= 15 is 0 Å². The summed E-state index contributed by atoms with van der Waals surface area (Å²) in [6.07, 6.45) is 0. The van der Waals surface area contributed by atoms with Gasteiger partial charge in [-0.3, -0.25) is 9.10 Å². The number of sulfonamides is 1. The van der Waals surface area contributed by atoms with E-state index in [0.29, 0.717) is 18.2 Å². The molecule has 0 aromatic heterocycles. The summed E-state index contributed by atoms with van der Waals surface area (Å²) in [5.41, 5.74) is 2.40. The number of ether oxygens (including phenoxy) is 1. The SMILES string of the molecule is CCOc1cccc(CNC(=O)CN(c2ccc(C(C)C)cc2)S(=O)(=O)c2ccccc2)c1. The summed E-state index contributed by atoms with van der Waals surface area (Å²) in [4.78, 5) is 12.9. The van der Waals surface area contributed by atoms with E-state index in [4.69, 9.17) is 4.74 Å². The highest BCUT2D eigenvalue weighted by Gasteiger charge is 2.27. The molecule has 174 valence electrons. The van der Waals surface area contributed by atoms with E-state index in [-0.39, 0.29) is 18.0 Å². The molecule has 0 aliphatic carbocycles. The standard InChI is InChI=1S/C26H30N2O4S/c1-4-32-24-10-8-9-21(17-24)18-27-26(29)19-28(23-15-13-22(14-16-23)20(2)3)33(30,31)25-11-6-5-7-12-25/h5-17,20H,4,18-19H2,1-3H3,(H,27,29). The Morgan fingerprint density at radius 1 is 0.970 bits per heavy atom. The van der Waals surface area contributed by atoms with Crippen molar-refractivity contribution in [3.05, 3.63) is 90.0 Å². The predicted molar refractivity (Wildman–Crippen MR) is 131 cm³/mol. The van der Waals surface area contributed by atoms with Crippen LogP contribution in [-0.2, 0) is 21.4 Å². The maximum absolute atomic E-state index is 13.4. The van der Waals surface area contributed by atoms with Gasteiger partial charge in [-0.05, 0) is 60.4 Å². The average molecular weight is 467 g/mol. The van der Waals surface area contributed by atoms with Gasteiger partial charge in [-0.2, -0.15) is 0 Å². The molecule has 6 nitrogen and oxygen atoms in total. The third kappa shape index (κ3) is 6.35. The van der Waals surface area contributed by atoms with Crippen molar-refractivity contribution in [2.24, 2.45) is 0 Å². The van der Waals surface area contributed by atoms with Crippen molar-refractivity contribution in [1.29, 1.82) is 0 Å². The number of rotatable bonds is 10. The number of hydrogen-bond donors (Lipinski definition) is 1. The maximum Gasteiger partial charge on any atom is 0.264 e. The zero-order valence-corrected chi connectivity index (χ0v) is 20.0. The van der Waals surface area contributed by atoms with Gasteiger partial charge in [0.15, 0.2) is 0 Å². The van der Waals surface area contributed by atoms with E-state index in [2.05, 4.69) is 19.2 Å². The van der Waals surface area contributed by atoms with Gasteiger partial charge < -0.3 is 10.1 Å². The number of carbonyl (C=O) groups excluding carboxylic acids is 1. The molecule has 0 bridgehead atoms. The van der Waals surface area contributed by atoms with Crippen molar-refractivity contribution < 1.29 is 17.9 Å². The van der Waals surface area contributed by atoms with Crippen LogP contribution in [0.25, 0.3) is 0 Å². The lowest BCUT2D eigenvalue weighted by molar-refractivity contribution is -0.119. The average Bonchev–Trinajstić information content (AvgIpc) is 2.82. The van der Waals surface area contributed by atoms with Crippen LogP contribution in [0.15, 0.2) is 83.8 Å². The fraction of sp³-hybridized carbons (Fsp3) is 0.269. The molecule has 33 heavy (non-hydrogen) atoms. The molecule has 0 saturated carbocycles. The summed E-state index contributed by atoms with van der Waals surface area (Å²) in [6.45, 7) is 6.54. The topological polar surface area (TPSA) is 75.7 Å². The normalized spacial score (nSPS) is 11.3. The number of benzene rings is 3. The monoisotopic (exact) mass is 466 g/mol. The first-order valence-corrected chi connectivity index (χ1v) is 12.4. The number of amides is 1. The largest absolute Gasteiger partial charge is 0.494 e. The van der Waals surface area contributed by atoms with Gasteiger partial charge in [0.1, 0.15) is 12.3 Å². The fourth-order valence-corrected chi connectivity index (χ4v) is 4.80. The highest BCUT2D eigenvalue weighted by Crippen LogP contribution is 2.25. The van der Waals surface area contributed by atoms with Crippen molar-refractivity contribution in [2.75, 3.05) is 17.5 Å². The number of nitrogens with one attached hydrogen (secondary N) is 1. The van der Waals surface area contributed by atoms with E-state index in [1.165, 1.54) is 12.1 Å². The molecule has 0 saturated heterocycles. The van der Waals surface area contributed by atoms with Gasteiger partial charge in [-0.15, -0.1) is 0 Å². The number of carbonyl (C=O) groups is 1. The van der Waals surface area contributed by atoms with E-state index < -0.39 is 15.9 Å². The first kappa shape index (κ1) is 24.3. The molecule has 3 aromatic carbocycles. The lowest BCUT2D eigenvalue weighted by atomic mass is 10.0. The first-order valence-electron chi connectivity index (χ1n) is 11.0. The second-order valence-electron chi connectivity index (χ2n) is 7.93. The second-order valence-corrected chi connectivity index (χ2v) is 9.79. The highest BCUT2D eigenvalue weighted by molar-refractivity contribution is 7.92. The van der Waals surface area contributed by atoms with E-state index in [1.54, 1.807) is 30.3 Å². The molecule has 0 aliphatic heterocycles. The molecule has 1 amide bonds. The second kappa shape index (κ2) is 11.0. The lowest BCUT2D eigenvalue weighted by Gasteiger charge is -2.24. The van der Waals surface area contributed by atoms with Gasteiger partial charge in [-0.25, -0.2) is 8.42 Å². The predicted octanol–water partition coefficient (Wildman–Crippen LogP) is 4.72. The zero-order chi connectivity index (χ0) is 23.8. The summed E-state index contributed by atoms with van der Waals surface area (Å²) in [5, 5.41) is 2.82. The minimum Gasteiger partial charge on any atom is -0.494 e. The number of hydrogen-bond acceptors (Lipinski definition) is 4. The summed E-state index contributed by atoms with van der Waals surface area (Å²) < 4.78 is 33.5. The van der Waals surface area contributed by atoms with Crippen molar-refractivity contribution >= 4 is 21.6 Å². The molecule has 7 heteroatoms. The smallest absolute Gasteiger partial charge is 0.264 e. The van der Waals surface area contributed by atoms with Crippen molar-refractivity contribution in [3.8, 4) is 5.75 Å². The van der Waals surface area contributed by atoms with Gasteiger partial charge >= 0.3 is 0 Å². The number of anilines is 1. The van der Waals surface area contributed by atoms with E-state index in [9.17, 15) is 13.2 Å². The van der Waals surface area contributed by atoms with Crippen LogP contribution >= 0.6 is 0 Å². The van der Waals surface area contributed by atoms with Gasteiger partial charge in [0.05, 0.1) is 17.2 Å². The molecular weight excluding hydrogens is 436 g/mol. The molecule has 0 radical (unpaired) electrons. The Hall–Kier alpha value is -3.32. The van der Waals surface area contributed by atoms with Crippen molar-refractivity contribution in [2.45, 2.75) is 38.1 Å². The number of nitrogens with zero attached hydrogens (tertiary/aromatic N) is 1. The van der Waals surface area contributed by atoms with Gasteiger partial charge in [0.25, 0.3) is 10.0 Å². The minimum atomic E-state index is -3.93. The lowest BCUT2D eigenvalue weighted by Crippen LogP contribution is -2.40.